The van der Waals surface area contributed by atoms with Gasteiger partial charge in [-0.3, -0.25) is 9.67 Å². The fourth-order valence-corrected chi connectivity index (χ4v) is 2.17. The van der Waals surface area contributed by atoms with E-state index >= 15 is 0 Å². The Kier molecular flexibility index (Phi) is 4.00. The number of hydrogen-bond acceptors (Lipinski definition) is 5. The fourth-order valence-electron chi connectivity index (χ4n) is 2.17. The van der Waals surface area contributed by atoms with Crippen molar-refractivity contribution in [2.45, 2.75) is 13.0 Å². The lowest BCUT2D eigenvalue weighted by molar-refractivity contribution is 0.466. The van der Waals surface area contributed by atoms with Gasteiger partial charge >= 0.3 is 5.63 Å². The molecule has 0 aliphatic rings. The first-order valence-electron chi connectivity index (χ1n) is 6.98. The topological polar surface area (TPSA) is 80.6 Å². The fraction of sp³-hybridized carbons (Fsp3) is 0.188. The Morgan fingerprint density at radius 1 is 1.32 bits per heavy atom. The van der Waals surface area contributed by atoms with Crippen molar-refractivity contribution in [3.8, 4) is 5.75 Å². The minimum Gasteiger partial charge on any atom is -0.506 e. The second-order valence-electron chi connectivity index (χ2n) is 4.81. The van der Waals surface area contributed by atoms with Crippen molar-refractivity contribution in [2.75, 3.05) is 6.54 Å². The molecule has 1 aromatic carbocycles. The third-order valence-corrected chi connectivity index (χ3v) is 3.27. The highest BCUT2D eigenvalue weighted by Gasteiger charge is 2.11. The van der Waals surface area contributed by atoms with Crippen LogP contribution < -0.4 is 5.63 Å². The Morgan fingerprint density at radius 2 is 2.18 bits per heavy atom. The number of hydrogen-bond donors (Lipinski definition) is 1. The Hall–Kier alpha value is -2.89. The van der Waals surface area contributed by atoms with Gasteiger partial charge in [0.25, 0.3) is 0 Å². The number of rotatable bonds is 5. The summed E-state index contributed by atoms with van der Waals surface area (Å²) in [5.41, 5.74) is -0.148. The second-order valence-corrected chi connectivity index (χ2v) is 4.81. The van der Waals surface area contributed by atoms with Crippen molar-refractivity contribution in [3.63, 3.8) is 0 Å². The maximum absolute atomic E-state index is 11.9. The SMILES string of the molecule is O=c1oc2ccccc2c(O)c1C=NCCCn1cccn1. The van der Waals surface area contributed by atoms with Crippen LogP contribution in [0.25, 0.3) is 11.0 Å². The smallest absolute Gasteiger partial charge is 0.348 e. The van der Waals surface area contributed by atoms with Gasteiger partial charge in [-0.2, -0.15) is 5.10 Å². The van der Waals surface area contributed by atoms with Crippen LogP contribution in [0.3, 0.4) is 0 Å². The van der Waals surface area contributed by atoms with E-state index in [-0.39, 0.29) is 11.3 Å². The predicted octanol–water partition coefficient (Wildman–Crippen LogP) is 2.20. The molecule has 0 radical (unpaired) electrons. The van der Waals surface area contributed by atoms with Crippen molar-refractivity contribution in [1.29, 1.82) is 0 Å². The average molecular weight is 297 g/mol. The Labute approximate surface area is 126 Å². The van der Waals surface area contributed by atoms with Gasteiger partial charge in [0.15, 0.2) is 0 Å². The predicted molar refractivity (Wildman–Crippen MR) is 83.5 cm³/mol. The molecule has 22 heavy (non-hydrogen) atoms. The standard InChI is InChI=1S/C16H15N3O3/c20-15-12-5-1-2-6-14(12)22-16(21)13(15)11-17-7-3-9-19-10-4-8-18-19/h1-2,4-6,8,10-11,20H,3,7,9H2. The van der Waals surface area contributed by atoms with E-state index in [9.17, 15) is 9.90 Å². The van der Waals surface area contributed by atoms with Crippen molar-refractivity contribution in [2.24, 2.45) is 4.99 Å². The number of para-hydroxylation sites is 1. The molecule has 0 aliphatic heterocycles. The van der Waals surface area contributed by atoms with Crippen LogP contribution in [0.4, 0.5) is 0 Å². The summed E-state index contributed by atoms with van der Waals surface area (Å²) < 4.78 is 6.99. The van der Waals surface area contributed by atoms with Crippen LogP contribution >= 0.6 is 0 Å². The van der Waals surface area contributed by atoms with Crippen molar-refractivity contribution in [1.82, 2.24) is 9.78 Å². The number of benzene rings is 1. The minimum atomic E-state index is -0.591. The maximum atomic E-state index is 11.9. The molecular weight excluding hydrogens is 282 g/mol. The van der Waals surface area contributed by atoms with Gasteiger partial charge in [-0.05, 0) is 24.6 Å². The third kappa shape index (κ3) is 2.90. The normalized spacial score (nSPS) is 11.5. The zero-order chi connectivity index (χ0) is 15.4. The number of aliphatic imine (C=N–C) groups is 1. The zero-order valence-electron chi connectivity index (χ0n) is 11.8. The lowest BCUT2D eigenvalue weighted by Gasteiger charge is -2.02. The van der Waals surface area contributed by atoms with E-state index in [0.29, 0.717) is 17.5 Å². The molecule has 0 saturated carbocycles. The number of aromatic hydroxyl groups is 1. The van der Waals surface area contributed by atoms with E-state index in [2.05, 4.69) is 10.1 Å². The summed E-state index contributed by atoms with van der Waals surface area (Å²) in [6, 6.07) is 8.71. The average Bonchev–Trinajstić information content (AvgIpc) is 3.03. The Bertz CT molecular complexity index is 851. The summed E-state index contributed by atoms with van der Waals surface area (Å²) in [5.74, 6) is -0.0947. The first-order chi connectivity index (χ1) is 10.8. The first kappa shape index (κ1) is 14.1. The molecule has 0 amide bonds. The van der Waals surface area contributed by atoms with Crippen LogP contribution in [0.1, 0.15) is 12.0 Å². The van der Waals surface area contributed by atoms with E-state index in [1.165, 1.54) is 6.21 Å². The molecule has 0 saturated heterocycles. The Balaban J connectivity index is 1.73. The summed E-state index contributed by atoms with van der Waals surface area (Å²) in [4.78, 5) is 16.1. The van der Waals surface area contributed by atoms with Gasteiger partial charge in [-0.25, -0.2) is 4.79 Å². The molecule has 1 N–H and O–H groups in total. The van der Waals surface area contributed by atoms with Crippen molar-refractivity contribution in [3.05, 3.63) is 58.7 Å². The molecule has 6 nitrogen and oxygen atoms in total. The summed E-state index contributed by atoms with van der Waals surface area (Å²) >= 11 is 0. The van der Waals surface area contributed by atoms with Gasteiger partial charge in [0.1, 0.15) is 16.9 Å². The molecule has 0 unspecified atom stereocenters. The Morgan fingerprint density at radius 3 is 3.00 bits per heavy atom. The molecule has 0 spiro atoms. The van der Waals surface area contributed by atoms with Gasteiger partial charge in [-0.15, -0.1) is 0 Å². The molecule has 0 atom stereocenters. The summed E-state index contributed by atoms with van der Waals surface area (Å²) in [7, 11) is 0. The summed E-state index contributed by atoms with van der Waals surface area (Å²) in [6.07, 6.45) is 5.77. The molecule has 0 aliphatic carbocycles. The van der Waals surface area contributed by atoms with Gasteiger partial charge < -0.3 is 9.52 Å². The van der Waals surface area contributed by atoms with E-state index in [4.69, 9.17) is 4.42 Å². The molecule has 2 aromatic heterocycles. The molecule has 112 valence electrons. The van der Waals surface area contributed by atoms with Gasteiger partial charge in [0.05, 0.1) is 5.39 Å². The van der Waals surface area contributed by atoms with Crippen LogP contribution in [0.2, 0.25) is 0 Å². The van der Waals surface area contributed by atoms with Gasteiger partial charge in [0, 0.05) is 31.7 Å². The van der Waals surface area contributed by atoms with Crippen molar-refractivity contribution >= 4 is 17.2 Å². The highest BCUT2D eigenvalue weighted by molar-refractivity contribution is 5.93. The van der Waals surface area contributed by atoms with Gasteiger partial charge in [-0.1, -0.05) is 12.1 Å². The zero-order valence-corrected chi connectivity index (χ0v) is 11.8. The van der Waals surface area contributed by atoms with E-state index in [0.717, 1.165) is 13.0 Å². The molecule has 3 rings (SSSR count). The lowest BCUT2D eigenvalue weighted by Crippen LogP contribution is -2.07. The van der Waals surface area contributed by atoms with Crippen LogP contribution in [-0.2, 0) is 6.54 Å². The van der Waals surface area contributed by atoms with Gasteiger partial charge in [0.2, 0.25) is 0 Å². The number of aryl methyl sites for hydroxylation is 1. The molecule has 0 bridgehead atoms. The highest BCUT2D eigenvalue weighted by Crippen LogP contribution is 2.24. The van der Waals surface area contributed by atoms with E-state index in [1.807, 2.05) is 16.9 Å². The van der Waals surface area contributed by atoms with E-state index < -0.39 is 5.63 Å². The largest absolute Gasteiger partial charge is 0.506 e. The van der Waals surface area contributed by atoms with Crippen LogP contribution in [0, 0.1) is 0 Å². The third-order valence-electron chi connectivity index (χ3n) is 3.27. The van der Waals surface area contributed by atoms with Crippen molar-refractivity contribution < 1.29 is 9.52 Å². The molecule has 3 aromatic rings. The highest BCUT2D eigenvalue weighted by atomic mass is 16.4. The summed E-state index contributed by atoms with van der Waals surface area (Å²) in [6.45, 7) is 1.29. The molecule has 6 heteroatoms. The van der Waals surface area contributed by atoms with Crippen LogP contribution in [-0.4, -0.2) is 27.6 Å². The monoisotopic (exact) mass is 297 g/mol. The molecule has 2 heterocycles. The van der Waals surface area contributed by atoms with E-state index in [1.54, 1.807) is 30.5 Å². The minimum absolute atomic E-state index is 0.0813. The number of nitrogens with zero attached hydrogens (tertiary/aromatic N) is 3. The second kappa shape index (κ2) is 6.26. The van der Waals surface area contributed by atoms with Crippen LogP contribution in [0.5, 0.6) is 5.75 Å². The summed E-state index contributed by atoms with van der Waals surface area (Å²) in [5, 5.41) is 14.8. The van der Waals surface area contributed by atoms with Crippen LogP contribution in [0.15, 0.2) is 56.9 Å². The maximum Gasteiger partial charge on any atom is 0.348 e. The number of aromatic nitrogens is 2. The quantitative estimate of drug-likeness (QED) is 0.445. The lowest BCUT2D eigenvalue weighted by atomic mass is 10.1. The number of fused-ring (bicyclic) bond motifs is 1. The molecular formula is C16H15N3O3. The first-order valence-corrected chi connectivity index (χ1v) is 6.98. The molecule has 0 fully saturated rings.